The summed E-state index contributed by atoms with van der Waals surface area (Å²) in [5.74, 6) is -1.19. The van der Waals surface area contributed by atoms with Crippen LogP contribution in [0, 0.1) is 0 Å². The molecule has 154 valence electrons. The molecule has 2 aliphatic rings. The number of nitrogens with one attached hydrogen (secondary N) is 2. The number of anilines is 2. The number of hydrogen-bond donors (Lipinski definition) is 2. The predicted molar refractivity (Wildman–Crippen MR) is 116 cm³/mol. The topological polar surface area (TPSA) is 78.5 Å². The minimum absolute atomic E-state index is 0.0185. The largest absolute Gasteiger partial charge is 0.350 e. The lowest BCUT2D eigenvalue weighted by atomic mass is 9.95. The van der Waals surface area contributed by atoms with Gasteiger partial charge in [-0.15, -0.1) is 0 Å². The molecule has 0 radical (unpaired) electrons. The van der Waals surface area contributed by atoms with Crippen molar-refractivity contribution in [3.8, 4) is 0 Å². The molecular weight excluding hydrogens is 402 g/mol. The molecular formula is C23H22ClN3O3. The summed E-state index contributed by atoms with van der Waals surface area (Å²) in [5, 5.41) is 5.83. The first-order valence-electron chi connectivity index (χ1n) is 10.1. The number of rotatable bonds is 5. The Morgan fingerprint density at radius 2 is 1.57 bits per heavy atom. The summed E-state index contributed by atoms with van der Waals surface area (Å²) in [7, 11) is 0. The highest BCUT2D eigenvalue weighted by atomic mass is 35.5. The summed E-state index contributed by atoms with van der Waals surface area (Å²) >= 11 is 6.15. The van der Waals surface area contributed by atoms with E-state index in [0.29, 0.717) is 16.9 Å². The Morgan fingerprint density at radius 3 is 2.23 bits per heavy atom. The normalized spacial score (nSPS) is 17.4. The van der Waals surface area contributed by atoms with Crippen LogP contribution in [-0.4, -0.2) is 23.8 Å². The molecule has 0 saturated heterocycles. The van der Waals surface area contributed by atoms with Crippen LogP contribution in [0.2, 0.25) is 0 Å². The molecule has 1 saturated carbocycles. The number of carbonyl (C=O) groups excluding carboxylic acids is 3. The molecule has 2 N–H and O–H groups in total. The number of para-hydroxylation sites is 1. The third kappa shape index (κ3) is 4.09. The second-order valence-corrected chi connectivity index (χ2v) is 7.86. The Labute approximate surface area is 179 Å². The summed E-state index contributed by atoms with van der Waals surface area (Å²) in [6.07, 6.45) is 5.57. The van der Waals surface area contributed by atoms with Crippen molar-refractivity contribution < 1.29 is 14.4 Å². The molecule has 2 aromatic carbocycles. The lowest BCUT2D eigenvalue weighted by molar-refractivity contribution is -0.120. The third-order valence-corrected chi connectivity index (χ3v) is 5.75. The standard InChI is InChI=1S/C23H22ClN3O3/c24-19-20(23(30)27(22(19)29)18-9-5-2-6-10-18)25-17-13-11-15(12-14-17)21(28)26-16-7-3-1-4-8-16/h2,5-6,9-14,16,25H,1,3-4,7-8H2,(H,26,28). The van der Waals surface area contributed by atoms with Crippen molar-refractivity contribution in [2.45, 2.75) is 38.1 Å². The number of hydrogen-bond acceptors (Lipinski definition) is 4. The van der Waals surface area contributed by atoms with Crippen molar-refractivity contribution in [1.29, 1.82) is 0 Å². The Morgan fingerprint density at radius 1 is 0.900 bits per heavy atom. The van der Waals surface area contributed by atoms with Crippen LogP contribution in [-0.2, 0) is 9.59 Å². The number of carbonyl (C=O) groups is 3. The number of nitrogens with zero attached hydrogens (tertiary/aromatic N) is 1. The summed E-state index contributed by atoms with van der Waals surface area (Å²) in [6.45, 7) is 0. The molecule has 3 amide bonds. The second kappa shape index (κ2) is 8.71. The van der Waals surface area contributed by atoms with E-state index in [-0.39, 0.29) is 22.7 Å². The minimum atomic E-state index is -0.571. The fraction of sp³-hybridized carbons (Fsp3) is 0.261. The van der Waals surface area contributed by atoms with Crippen LogP contribution < -0.4 is 15.5 Å². The number of halogens is 1. The lowest BCUT2D eigenvalue weighted by Crippen LogP contribution is -2.36. The molecule has 0 spiro atoms. The van der Waals surface area contributed by atoms with Crippen LogP contribution in [0.5, 0.6) is 0 Å². The van der Waals surface area contributed by atoms with Crippen LogP contribution >= 0.6 is 11.6 Å². The summed E-state index contributed by atoms with van der Waals surface area (Å²) in [5.41, 5.74) is 1.58. The van der Waals surface area contributed by atoms with Crippen LogP contribution in [0.25, 0.3) is 0 Å². The van der Waals surface area contributed by atoms with Crippen molar-refractivity contribution in [3.63, 3.8) is 0 Å². The van der Waals surface area contributed by atoms with Gasteiger partial charge in [0.05, 0.1) is 5.69 Å². The first-order chi connectivity index (χ1) is 14.5. The highest BCUT2D eigenvalue weighted by Crippen LogP contribution is 2.30. The molecule has 1 heterocycles. The molecule has 30 heavy (non-hydrogen) atoms. The zero-order valence-corrected chi connectivity index (χ0v) is 17.1. The Kier molecular flexibility index (Phi) is 5.86. The molecule has 4 rings (SSSR count). The van der Waals surface area contributed by atoms with Gasteiger partial charge in [0.1, 0.15) is 10.7 Å². The van der Waals surface area contributed by atoms with E-state index in [9.17, 15) is 14.4 Å². The zero-order valence-electron chi connectivity index (χ0n) is 16.4. The SMILES string of the molecule is O=C(NC1CCCCC1)c1ccc(NC2=C(Cl)C(=O)N(c3ccccc3)C2=O)cc1. The monoisotopic (exact) mass is 423 g/mol. The van der Waals surface area contributed by atoms with Crippen molar-refractivity contribution in [2.75, 3.05) is 10.2 Å². The highest BCUT2D eigenvalue weighted by molar-refractivity contribution is 6.53. The molecule has 2 aromatic rings. The van der Waals surface area contributed by atoms with Gasteiger partial charge in [0, 0.05) is 17.3 Å². The van der Waals surface area contributed by atoms with Crippen molar-refractivity contribution in [3.05, 3.63) is 70.9 Å². The van der Waals surface area contributed by atoms with Crippen LogP contribution in [0.3, 0.4) is 0 Å². The molecule has 1 aliphatic heterocycles. The summed E-state index contributed by atoms with van der Waals surface area (Å²) < 4.78 is 0. The van der Waals surface area contributed by atoms with E-state index in [2.05, 4.69) is 10.6 Å². The van der Waals surface area contributed by atoms with Gasteiger partial charge in [0.25, 0.3) is 17.7 Å². The van der Waals surface area contributed by atoms with Gasteiger partial charge in [0.15, 0.2) is 0 Å². The molecule has 1 fully saturated rings. The van der Waals surface area contributed by atoms with Gasteiger partial charge >= 0.3 is 0 Å². The van der Waals surface area contributed by atoms with Crippen LogP contribution in [0.4, 0.5) is 11.4 Å². The number of amides is 3. The van der Waals surface area contributed by atoms with Gasteiger partial charge in [0.2, 0.25) is 0 Å². The van der Waals surface area contributed by atoms with Gasteiger partial charge < -0.3 is 10.6 Å². The average molecular weight is 424 g/mol. The molecule has 0 aromatic heterocycles. The summed E-state index contributed by atoms with van der Waals surface area (Å²) in [4.78, 5) is 38.7. The van der Waals surface area contributed by atoms with E-state index in [0.717, 1.165) is 30.6 Å². The van der Waals surface area contributed by atoms with Crippen molar-refractivity contribution in [2.24, 2.45) is 0 Å². The Bertz CT molecular complexity index is 996. The van der Waals surface area contributed by atoms with Crippen molar-refractivity contribution >= 4 is 40.7 Å². The molecule has 1 aliphatic carbocycles. The molecule has 0 unspecified atom stereocenters. The van der Waals surface area contributed by atoms with Gasteiger partial charge in [-0.1, -0.05) is 49.1 Å². The fourth-order valence-electron chi connectivity index (χ4n) is 3.79. The van der Waals surface area contributed by atoms with Gasteiger partial charge in [-0.05, 0) is 49.2 Å². The third-order valence-electron chi connectivity index (χ3n) is 5.40. The quantitative estimate of drug-likeness (QED) is 0.707. The minimum Gasteiger partial charge on any atom is -0.350 e. The first kappa shape index (κ1) is 20.2. The van der Waals surface area contributed by atoms with Gasteiger partial charge in [-0.25, -0.2) is 4.90 Å². The summed E-state index contributed by atoms with van der Waals surface area (Å²) in [6, 6.07) is 15.6. The van der Waals surface area contributed by atoms with E-state index in [1.165, 1.54) is 6.42 Å². The highest BCUT2D eigenvalue weighted by Gasteiger charge is 2.38. The fourth-order valence-corrected chi connectivity index (χ4v) is 4.00. The molecule has 0 bridgehead atoms. The zero-order chi connectivity index (χ0) is 21.1. The van der Waals surface area contributed by atoms with E-state index in [1.54, 1.807) is 54.6 Å². The first-order valence-corrected chi connectivity index (χ1v) is 10.4. The maximum Gasteiger partial charge on any atom is 0.283 e. The average Bonchev–Trinajstić information content (AvgIpc) is 2.98. The molecule has 6 nitrogen and oxygen atoms in total. The van der Waals surface area contributed by atoms with E-state index in [1.807, 2.05) is 0 Å². The lowest BCUT2D eigenvalue weighted by Gasteiger charge is -2.22. The Hall–Kier alpha value is -3.12. The van der Waals surface area contributed by atoms with Gasteiger partial charge in [-0.3, -0.25) is 14.4 Å². The predicted octanol–water partition coefficient (Wildman–Crippen LogP) is 4.18. The number of imide groups is 1. The van der Waals surface area contributed by atoms with E-state index >= 15 is 0 Å². The smallest absolute Gasteiger partial charge is 0.283 e. The van der Waals surface area contributed by atoms with Crippen LogP contribution in [0.15, 0.2) is 65.3 Å². The van der Waals surface area contributed by atoms with Gasteiger partial charge in [-0.2, -0.15) is 0 Å². The Balaban J connectivity index is 1.44. The molecule has 0 atom stereocenters. The number of benzene rings is 2. The van der Waals surface area contributed by atoms with Crippen molar-refractivity contribution in [1.82, 2.24) is 5.32 Å². The van der Waals surface area contributed by atoms with E-state index < -0.39 is 11.8 Å². The maximum atomic E-state index is 12.8. The molecule has 7 heteroatoms. The maximum absolute atomic E-state index is 12.8. The van der Waals surface area contributed by atoms with Crippen LogP contribution in [0.1, 0.15) is 42.5 Å². The second-order valence-electron chi connectivity index (χ2n) is 7.48. The van der Waals surface area contributed by atoms with E-state index in [4.69, 9.17) is 11.6 Å².